The van der Waals surface area contributed by atoms with Crippen molar-refractivity contribution in [1.29, 1.82) is 5.26 Å². The summed E-state index contributed by atoms with van der Waals surface area (Å²) in [5, 5.41) is 9.47. The molecule has 3 nitrogen and oxygen atoms in total. The highest BCUT2D eigenvalue weighted by Crippen LogP contribution is 2.41. The lowest BCUT2D eigenvalue weighted by molar-refractivity contribution is 0.169. The molecule has 108 valence electrons. The van der Waals surface area contributed by atoms with Crippen molar-refractivity contribution in [2.24, 2.45) is 11.3 Å². The average Bonchev–Trinajstić information content (AvgIpc) is 2.50. The predicted octanol–water partition coefficient (Wildman–Crippen LogP) is 4.18. The molecular weight excluding hydrogens is 250 g/mol. The quantitative estimate of drug-likeness (QED) is 0.808. The van der Waals surface area contributed by atoms with E-state index < -0.39 is 0 Å². The molecule has 0 bridgehead atoms. The fourth-order valence-corrected chi connectivity index (χ4v) is 2.77. The van der Waals surface area contributed by atoms with Crippen LogP contribution in [-0.2, 0) is 0 Å². The minimum atomic E-state index is -0.168. The summed E-state index contributed by atoms with van der Waals surface area (Å²) in [6.07, 6.45) is 5.17. The summed E-state index contributed by atoms with van der Waals surface area (Å²) in [7, 11) is 1.65. The van der Waals surface area contributed by atoms with Crippen LogP contribution in [0.4, 0.5) is 0 Å². The zero-order valence-electron chi connectivity index (χ0n) is 12.4. The number of hydrogen-bond acceptors (Lipinski definition) is 3. The van der Waals surface area contributed by atoms with E-state index in [0.717, 1.165) is 49.5 Å². The van der Waals surface area contributed by atoms with Crippen LogP contribution in [0.15, 0.2) is 24.3 Å². The molecule has 0 atom stereocenters. The Morgan fingerprint density at radius 1 is 1.20 bits per heavy atom. The summed E-state index contributed by atoms with van der Waals surface area (Å²) in [6.45, 7) is 2.88. The van der Waals surface area contributed by atoms with Gasteiger partial charge in [-0.05, 0) is 55.9 Å². The lowest BCUT2D eigenvalue weighted by Gasteiger charge is -2.33. The van der Waals surface area contributed by atoms with Gasteiger partial charge in [0.2, 0.25) is 0 Å². The van der Waals surface area contributed by atoms with Crippen LogP contribution in [0, 0.1) is 22.7 Å². The molecule has 0 heterocycles. The van der Waals surface area contributed by atoms with Gasteiger partial charge in [-0.3, -0.25) is 0 Å². The average molecular weight is 273 g/mol. The van der Waals surface area contributed by atoms with Gasteiger partial charge in [0.25, 0.3) is 0 Å². The number of nitriles is 1. The summed E-state index contributed by atoms with van der Waals surface area (Å²) in [5.74, 6) is 2.43. The van der Waals surface area contributed by atoms with E-state index in [-0.39, 0.29) is 5.41 Å². The van der Waals surface area contributed by atoms with Gasteiger partial charge in [-0.1, -0.05) is 6.92 Å². The Morgan fingerprint density at radius 2 is 1.80 bits per heavy atom. The maximum Gasteiger partial charge on any atom is 0.119 e. The minimum Gasteiger partial charge on any atom is -0.497 e. The van der Waals surface area contributed by atoms with Crippen LogP contribution in [0.5, 0.6) is 11.5 Å². The number of rotatable bonds is 5. The van der Waals surface area contributed by atoms with Crippen molar-refractivity contribution in [3.63, 3.8) is 0 Å². The third kappa shape index (κ3) is 3.66. The van der Waals surface area contributed by atoms with Gasteiger partial charge in [0.05, 0.1) is 25.2 Å². The SMILES string of the molecule is COc1ccc(OCCC2(C#N)CCC(C)CC2)cc1. The molecule has 1 aliphatic carbocycles. The van der Waals surface area contributed by atoms with Crippen LogP contribution in [0.1, 0.15) is 39.0 Å². The number of hydrogen-bond donors (Lipinski definition) is 0. The molecule has 1 fully saturated rings. The van der Waals surface area contributed by atoms with E-state index in [9.17, 15) is 5.26 Å². The maximum atomic E-state index is 9.47. The highest BCUT2D eigenvalue weighted by molar-refractivity contribution is 5.31. The van der Waals surface area contributed by atoms with Crippen LogP contribution in [0.25, 0.3) is 0 Å². The maximum absolute atomic E-state index is 9.47. The van der Waals surface area contributed by atoms with E-state index in [2.05, 4.69) is 13.0 Å². The normalized spacial score (nSPS) is 25.8. The van der Waals surface area contributed by atoms with Gasteiger partial charge in [-0.2, -0.15) is 5.26 Å². The third-order valence-corrected chi connectivity index (χ3v) is 4.38. The Hall–Kier alpha value is -1.69. The second-order valence-electron chi connectivity index (χ2n) is 5.85. The summed E-state index contributed by atoms with van der Waals surface area (Å²) < 4.78 is 10.9. The first kappa shape index (κ1) is 14.7. The third-order valence-electron chi connectivity index (χ3n) is 4.38. The largest absolute Gasteiger partial charge is 0.497 e. The lowest BCUT2D eigenvalue weighted by atomic mass is 9.70. The fourth-order valence-electron chi connectivity index (χ4n) is 2.77. The number of benzene rings is 1. The number of ether oxygens (including phenoxy) is 2. The topological polar surface area (TPSA) is 42.2 Å². The first-order valence-electron chi connectivity index (χ1n) is 7.35. The van der Waals surface area contributed by atoms with Crippen molar-refractivity contribution in [3.05, 3.63) is 24.3 Å². The van der Waals surface area contributed by atoms with Gasteiger partial charge in [-0.15, -0.1) is 0 Å². The van der Waals surface area contributed by atoms with E-state index in [0.29, 0.717) is 6.61 Å². The second kappa shape index (κ2) is 6.65. The molecule has 0 saturated heterocycles. The number of methoxy groups -OCH3 is 1. The zero-order chi connectivity index (χ0) is 14.4. The van der Waals surface area contributed by atoms with Crippen molar-refractivity contribution in [3.8, 4) is 17.6 Å². The van der Waals surface area contributed by atoms with Crippen molar-refractivity contribution >= 4 is 0 Å². The van der Waals surface area contributed by atoms with Crippen LogP contribution >= 0.6 is 0 Å². The molecule has 1 aromatic rings. The van der Waals surface area contributed by atoms with Crippen LogP contribution in [0.2, 0.25) is 0 Å². The highest BCUT2D eigenvalue weighted by Gasteiger charge is 2.34. The molecule has 20 heavy (non-hydrogen) atoms. The molecule has 1 aliphatic rings. The lowest BCUT2D eigenvalue weighted by Crippen LogP contribution is -2.27. The molecular formula is C17H23NO2. The monoisotopic (exact) mass is 273 g/mol. The first-order chi connectivity index (χ1) is 9.67. The molecule has 0 radical (unpaired) electrons. The van der Waals surface area contributed by atoms with Crippen molar-refractivity contribution in [2.75, 3.05) is 13.7 Å². The summed E-state index contributed by atoms with van der Waals surface area (Å²) in [6, 6.07) is 10.1. The van der Waals surface area contributed by atoms with Gasteiger partial charge in [0.15, 0.2) is 0 Å². The highest BCUT2D eigenvalue weighted by atomic mass is 16.5. The Labute approximate surface area is 121 Å². The molecule has 3 heteroatoms. The van der Waals surface area contributed by atoms with Crippen molar-refractivity contribution in [1.82, 2.24) is 0 Å². The summed E-state index contributed by atoms with van der Waals surface area (Å²) >= 11 is 0. The van der Waals surface area contributed by atoms with Crippen LogP contribution < -0.4 is 9.47 Å². The Bertz CT molecular complexity index is 453. The van der Waals surface area contributed by atoms with Crippen molar-refractivity contribution in [2.45, 2.75) is 39.0 Å². The molecule has 0 N–H and O–H groups in total. The molecule has 0 aromatic heterocycles. The van der Waals surface area contributed by atoms with Gasteiger partial charge in [-0.25, -0.2) is 0 Å². The van der Waals surface area contributed by atoms with Gasteiger partial charge >= 0.3 is 0 Å². The van der Waals surface area contributed by atoms with E-state index in [1.165, 1.54) is 0 Å². The first-order valence-corrected chi connectivity index (χ1v) is 7.35. The van der Waals surface area contributed by atoms with E-state index in [4.69, 9.17) is 9.47 Å². The number of nitrogens with zero attached hydrogens (tertiary/aromatic N) is 1. The van der Waals surface area contributed by atoms with E-state index in [1.807, 2.05) is 24.3 Å². The molecule has 1 saturated carbocycles. The summed E-state index contributed by atoms with van der Waals surface area (Å²) in [5.41, 5.74) is -0.168. The van der Waals surface area contributed by atoms with Gasteiger partial charge < -0.3 is 9.47 Å². The molecule has 2 rings (SSSR count). The molecule has 0 amide bonds. The van der Waals surface area contributed by atoms with Gasteiger partial charge in [0.1, 0.15) is 11.5 Å². The molecule has 0 unspecified atom stereocenters. The zero-order valence-corrected chi connectivity index (χ0v) is 12.4. The Kier molecular flexibility index (Phi) is 4.89. The van der Waals surface area contributed by atoms with Crippen LogP contribution in [0.3, 0.4) is 0 Å². The van der Waals surface area contributed by atoms with E-state index in [1.54, 1.807) is 7.11 Å². The molecule has 0 spiro atoms. The Morgan fingerprint density at radius 3 is 2.35 bits per heavy atom. The van der Waals surface area contributed by atoms with Crippen molar-refractivity contribution < 1.29 is 9.47 Å². The molecule has 0 aliphatic heterocycles. The predicted molar refractivity (Wildman–Crippen MR) is 78.8 cm³/mol. The standard InChI is InChI=1S/C17H23NO2/c1-14-7-9-17(13-18,10-8-14)11-12-20-16-5-3-15(19-2)4-6-16/h3-6,14H,7-12H2,1-2H3. The van der Waals surface area contributed by atoms with Gasteiger partial charge in [0, 0.05) is 6.42 Å². The second-order valence-corrected chi connectivity index (χ2v) is 5.85. The minimum absolute atomic E-state index is 0.168. The van der Waals surface area contributed by atoms with E-state index >= 15 is 0 Å². The fraction of sp³-hybridized carbons (Fsp3) is 0.588. The Balaban J connectivity index is 1.83. The smallest absolute Gasteiger partial charge is 0.119 e. The summed E-state index contributed by atoms with van der Waals surface area (Å²) in [4.78, 5) is 0. The molecule has 1 aromatic carbocycles. The van der Waals surface area contributed by atoms with Crippen LogP contribution in [-0.4, -0.2) is 13.7 Å².